The standard InChI is InChI=1S/C19H25N3O/c1-4-5-13-21(2)18-12-11-17(14-20-18)19(23)22(3)15-16-9-7-6-8-10-16/h6-12,14H,4-5,13,15H2,1-3H3. The monoisotopic (exact) mass is 311 g/mol. The van der Waals surface area contributed by atoms with Gasteiger partial charge in [0, 0.05) is 33.4 Å². The Morgan fingerprint density at radius 3 is 2.43 bits per heavy atom. The van der Waals surface area contributed by atoms with E-state index in [0.29, 0.717) is 12.1 Å². The molecule has 0 aliphatic heterocycles. The minimum absolute atomic E-state index is 0.0101. The molecule has 4 heteroatoms. The highest BCUT2D eigenvalue weighted by Gasteiger charge is 2.13. The zero-order chi connectivity index (χ0) is 16.7. The van der Waals surface area contributed by atoms with Crippen LogP contribution in [-0.2, 0) is 6.54 Å². The van der Waals surface area contributed by atoms with Crippen LogP contribution in [0.15, 0.2) is 48.7 Å². The van der Waals surface area contributed by atoms with Gasteiger partial charge in [-0.05, 0) is 24.1 Å². The van der Waals surface area contributed by atoms with Gasteiger partial charge in [-0.25, -0.2) is 4.98 Å². The van der Waals surface area contributed by atoms with Crippen LogP contribution in [0.25, 0.3) is 0 Å². The van der Waals surface area contributed by atoms with Gasteiger partial charge in [-0.3, -0.25) is 4.79 Å². The Bertz CT molecular complexity index is 610. The van der Waals surface area contributed by atoms with Crippen molar-refractivity contribution in [3.8, 4) is 0 Å². The van der Waals surface area contributed by atoms with Crippen LogP contribution in [0.3, 0.4) is 0 Å². The normalized spacial score (nSPS) is 10.4. The van der Waals surface area contributed by atoms with E-state index >= 15 is 0 Å². The molecule has 1 aromatic heterocycles. The van der Waals surface area contributed by atoms with E-state index in [2.05, 4.69) is 16.8 Å². The zero-order valence-electron chi connectivity index (χ0n) is 14.2. The van der Waals surface area contributed by atoms with Crippen molar-refractivity contribution in [3.63, 3.8) is 0 Å². The second-order valence-corrected chi connectivity index (χ2v) is 5.83. The van der Waals surface area contributed by atoms with Crippen LogP contribution in [0, 0.1) is 0 Å². The number of nitrogens with zero attached hydrogens (tertiary/aromatic N) is 3. The maximum atomic E-state index is 12.5. The fourth-order valence-corrected chi connectivity index (χ4v) is 2.40. The van der Waals surface area contributed by atoms with Gasteiger partial charge in [-0.2, -0.15) is 0 Å². The molecule has 122 valence electrons. The predicted octanol–water partition coefficient (Wildman–Crippen LogP) is 3.59. The molecule has 0 radical (unpaired) electrons. The number of aromatic nitrogens is 1. The first-order valence-corrected chi connectivity index (χ1v) is 8.08. The summed E-state index contributed by atoms with van der Waals surface area (Å²) in [6.45, 7) is 3.74. The first kappa shape index (κ1) is 17.0. The third kappa shape index (κ3) is 4.81. The van der Waals surface area contributed by atoms with Gasteiger partial charge in [0.2, 0.25) is 0 Å². The van der Waals surface area contributed by atoms with Crippen molar-refractivity contribution >= 4 is 11.7 Å². The molecule has 0 saturated heterocycles. The summed E-state index contributed by atoms with van der Waals surface area (Å²) in [5.74, 6) is 0.893. The SMILES string of the molecule is CCCCN(C)c1ccc(C(=O)N(C)Cc2ccccc2)cn1. The van der Waals surface area contributed by atoms with Crippen molar-refractivity contribution in [1.82, 2.24) is 9.88 Å². The van der Waals surface area contributed by atoms with E-state index in [1.165, 1.54) is 0 Å². The number of rotatable bonds is 7. The summed E-state index contributed by atoms with van der Waals surface area (Å²) in [6.07, 6.45) is 3.96. The Kier molecular flexibility index (Phi) is 6.15. The molecule has 0 unspecified atom stereocenters. The van der Waals surface area contributed by atoms with Crippen LogP contribution in [-0.4, -0.2) is 36.4 Å². The molecule has 0 atom stereocenters. The van der Waals surface area contributed by atoms with Crippen molar-refractivity contribution in [3.05, 3.63) is 59.8 Å². The summed E-state index contributed by atoms with van der Waals surface area (Å²) in [6, 6.07) is 13.8. The average Bonchev–Trinajstić information content (AvgIpc) is 2.60. The number of benzene rings is 1. The maximum absolute atomic E-state index is 12.5. The minimum Gasteiger partial charge on any atom is -0.360 e. The summed E-state index contributed by atoms with van der Waals surface area (Å²) in [5.41, 5.74) is 1.74. The average molecular weight is 311 g/mol. The summed E-state index contributed by atoms with van der Waals surface area (Å²) < 4.78 is 0. The summed E-state index contributed by atoms with van der Waals surface area (Å²) in [5, 5.41) is 0. The van der Waals surface area contributed by atoms with Crippen LogP contribution < -0.4 is 4.90 Å². The highest BCUT2D eigenvalue weighted by Crippen LogP contribution is 2.13. The van der Waals surface area contributed by atoms with Gasteiger partial charge in [-0.15, -0.1) is 0 Å². The third-order valence-electron chi connectivity index (χ3n) is 3.84. The Labute approximate surface area is 138 Å². The lowest BCUT2D eigenvalue weighted by molar-refractivity contribution is 0.0784. The molecule has 0 fully saturated rings. The lowest BCUT2D eigenvalue weighted by Gasteiger charge is -2.19. The number of anilines is 1. The van der Waals surface area contributed by atoms with Gasteiger partial charge in [0.05, 0.1) is 5.56 Å². The molecular weight excluding hydrogens is 286 g/mol. The van der Waals surface area contributed by atoms with E-state index in [0.717, 1.165) is 30.8 Å². The maximum Gasteiger partial charge on any atom is 0.255 e. The first-order chi connectivity index (χ1) is 11.1. The molecule has 0 bridgehead atoms. The van der Waals surface area contributed by atoms with Gasteiger partial charge in [-0.1, -0.05) is 43.7 Å². The van der Waals surface area contributed by atoms with Crippen molar-refractivity contribution in [2.45, 2.75) is 26.3 Å². The van der Waals surface area contributed by atoms with Gasteiger partial charge < -0.3 is 9.80 Å². The summed E-state index contributed by atoms with van der Waals surface area (Å²) >= 11 is 0. The van der Waals surface area contributed by atoms with E-state index in [1.54, 1.807) is 11.1 Å². The first-order valence-electron chi connectivity index (χ1n) is 8.08. The van der Waals surface area contributed by atoms with E-state index in [1.807, 2.05) is 56.6 Å². The second kappa shape index (κ2) is 8.32. The smallest absolute Gasteiger partial charge is 0.255 e. The molecule has 0 aliphatic rings. The third-order valence-corrected chi connectivity index (χ3v) is 3.84. The molecule has 2 rings (SSSR count). The Morgan fingerprint density at radius 1 is 1.09 bits per heavy atom. The fourth-order valence-electron chi connectivity index (χ4n) is 2.40. The molecular formula is C19H25N3O. The topological polar surface area (TPSA) is 36.4 Å². The number of hydrogen-bond donors (Lipinski definition) is 0. The van der Waals surface area contributed by atoms with E-state index in [4.69, 9.17) is 0 Å². The largest absolute Gasteiger partial charge is 0.360 e. The Balaban J connectivity index is 1.99. The highest BCUT2D eigenvalue weighted by molar-refractivity contribution is 5.93. The lowest BCUT2D eigenvalue weighted by atomic mass is 10.2. The highest BCUT2D eigenvalue weighted by atomic mass is 16.2. The van der Waals surface area contributed by atoms with Gasteiger partial charge >= 0.3 is 0 Å². The Hall–Kier alpha value is -2.36. The van der Waals surface area contributed by atoms with Crippen LogP contribution in [0.5, 0.6) is 0 Å². The molecule has 23 heavy (non-hydrogen) atoms. The quantitative estimate of drug-likeness (QED) is 0.784. The van der Waals surface area contributed by atoms with Crippen molar-refractivity contribution in [2.75, 3.05) is 25.5 Å². The number of carbonyl (C=O) groups excluding carboxylic acids is 1. The number of pyridine rings is 1. The van der Waals surface area contributed by atoms with E-state index < -0.39 is 0 Å². The summed E-state index contributed by atoms with van der Waals surface area (Å²) in [4.78, 5) is 20.7. The molecule has 1 amide bonds. The van der Waals surface area contributed by atoms with Crippen LogP contribution in [0.4, 0.5) is 5.82 Å². The molecule has 2 aromatic rings. The molecule has 0 N–H and O–H groups in total. The van der Waals surface area contributed by atoms with E-state index in [-0.39, 0.29) is 5.91 Å². The van der Waals surface area contributed by atoms with Crippen LogP contribution in [0.1, 0.15) is 35.7 Å². The molecule has 0 saturated carbocycles. The van der Waals surface area contributed by atoms with Gasteiger partial charge in [0.15, 0.2) is 0 Å². The van der Waals surface area contributed by atoms with Gasteiger partial charge in [0.25, 0.3) is 5.91 Å². The predicted molar refractivity (Wildman–Crippen MR) is 94.7 cm³/mol. The lowest BCUT2D eigenvalue weighted by Crippen LogP contribution is -2.26. The van der Waals surface area contributed by atoms with Gasteiger partial charge in [0.1, 0.15) is 5.82 Å². The van der Waals surface area contributed by atoms with Crippen molar-refractivity contribution in [1.29, 1.82) is 0 Å². The zero-order valence-corrected chi connectivity index (χ0v) is 14.2. The second-order valence-electron chi connectivity index (χ2n) is 5.83. The number of hydrogen-bond acceptors (Lipinski definition) is 3. The molecule has 0 spiro atoms. The number of carbonyl (C=O) groups is 1. The molecule has 1 heterocycles. The van der Waals surface area contributed by atoms with Crippen LogP contribution in [0.2, 0.25) is 0 Å². The molecule has 4 nitrogen and oxygen atoms in total. The van der Waals surface area contributed by atoms with Crippen LogP contribution >= 0.6 is 0 Å². The molecule has 1 aromatic carbocycles. The number of unbranched alkanes of at least 4 members (excludes halogenated alkanes) is 1. The fraction of sp³-hybridized carbons (Fsp3) is 0.368. The van der Waals surface area contributed by atoms with Crippen molar-refractivity contribution < 1.29 is 4.79 Å². The molecule has 0 aliphatic carbocycles. The van der Waals surface area contributed by atoms with E-state index in [9.17, 15) is 4.79 Å². The van der Waals surface area contributed by atoms with Crippen molar-refractivity contribution in [2.24, 2.45) is 0 Å². The summed E-state index contributed by atoms with van der Waals surface area (Å²) in [7, 11) is 3.84. The minimum atomic E-state index is -0.0101. The number of amides is 1. The Morgan fingerprint density at radius 2 is 1.83 bits per heavy atom.